The van der Waals surface area contributed by atoms with E-state index in [2.05, 4.69) is 15.3 Å². The number of rotatable bonds is 4. The van der Waals surface area contributed by atoms with Crippen LogP contribution in [0.3, 0.4) is 0 Å². The van der Waals surface area contributed by atoms with Crippen molar-refractivity contribution in [3.8, 4) is 0 Å². The van der Waals surface area contributed by atoms with Crippen molar-refractivity contribution in [2.75, 3.05) is 12.4 Å². The van der Waals surface area contributed by atoms with E-state index in [1.807, 2.05) is 19.1 Å². The van der Waals surface area contributed by atoms with Crippen LogP contribution >= 0.6 is 0 Å². The molecule has 0 atom stereocenters. The van der Waals surface area contributed by atoms with Gasteiger partial charge in [0.2, 0.25) is 0 Å². The van der Waals surface area contributed by atoms with E-state index in [1.165, 1.54) is 6.07 Å². The van der Waals surface area contributed by atoms with Crippen LogP contribution in [0.25, 0.3) is 11.6 Å². The topological polar surface area (TPSA) is 81.0 Å². The molecule has 0 aliphatic heterocycles. The molecular weight excluding hydrogens is 256 g/mol. The summed E-state index contributed by atoms with van der Waals surface area (Å²) in [6, 6.07) is 5.04. The highest BCUT2D eigenvalue weighted by Crippen LogP contribution is 2.26. The fourth-order valence-corrected chi connectivity index (χ4v) is 1.83. The van der Waals surface area contributed by atoms with Gasteiger partial charge in [-0.05, 0) is 30.2 Å². The second kappa shape index (κ2) is 5.92. The molecule has 0 bridgehead atoms. The Labute approximate surface area is 116 Å². The zero-order valence-corrected chi connectivity index (χ0v) is 11.2. The summed E-state index contributed by atoms with van der Waals surface area (Å²) >= 11 is 0. The van der Waals surface area contributed by atoms with Crippen molar-refractivity contribution in [1.82, 2.24) is 9.97 Å². The number of hydrogen-bond donors (Lipinski definition) is 1. The van der Waals surface area contributed by atoms with Crippen LogP contribution in [-0.4, -0.2) is 21.9 Å². The third kappa shape index (κ3) is 2.97. The number of aromatic nitrogens is 2. The minimum Gasteiger partial charge on any atom is -0.383 e. The maximum atomic E-state index is 11.0. The Kier molecular flexibility index (Phi) is 4.05. The minimum absolute atomic E-state index is 0.0493. The summed E-state index contributed by atoms with van der Waals surface area (Å²) in [5, 5.41) is 13.8. The van der Waals surface area contributed by atoms with Crippen LogP contribution < -0.4 is 5.32 Å². The lowest BCUT2D eigenvalue weighted by atomic mass is 10.1. The van der Waals surface area contributed by atoms with Crippen molar-refractivity contribution >= 4 is 23.0 Å². The summed E-state index contributed by atoms with van der Waals surface area (Å²) < 4.78 is 0. The quantitative estimate of drug-likeness (QED) is 0.682. The fraction of sp³-hybridized carbons (Fsp3) is 0.143. The molecule has 6 heteroatoms. The fourth-order valence-electron chi connectivity index (χ4n) is 1.83. The van der Waals surface area contributed by atoms with Crippen molar-refractivity contribution in [3.05, 3.63) is 58.2 Å². The maximum Gasteiger partial charge on any atom is 0.292 e. The highest BCUT2D eigenvalue weighted by Gasteiger charge is 2.12. The molecule has 0 aliphatic carbocycles. The zero-order chi connectivity index (χ0) is 14.5. The summed E-state index contributed by atoms with van der Waals surface area (Å²) in [4.78, 5) is 18.8. The first-order valence-corrected chi connectivity index (χ1v) is 6.02. The maximum absolute atomic E-state index is 11.0. The number of nitro benzene ring substituents is 1. The van der Waals surface area contributed by atoms with E-state index < -0.39 is 4.92 Å². The average Bonchev–Trinajstić information content (AvgIpc) is 2.48. The normalized spacial score (nSPS) is 11.2. The molecule has 2 aromatic rings. The smallest absolute Gasteiger partial charge is 0.292 e. The van der Waals surface area contributed by atoms with Crippen LogP contribution in [-0.2, 0) is 0 Å². The second-order valence-corrected chi connectivity index (χ2v) is 4.20. The van der Waals surface area contributed by atoms with Crippen molar-refractivity contribution in [2.24, 2.45) is 0 Å². The van der Waals surface area contributed by atoms with Crippen molar-refractivity contribution < 1.29 is 4.92 Å². The molecule has 0 amide bonds. The predicted molar refractivity (Wildman–Crippen MR) is 78.2 cm³/mol. The van der Waals surface area contributed by atoms with Gasteiger partial charge in [-0.15, -0.1) is 0 Å². The van der Waals surface area contributed by atoms with Gasteiger partial charge in [0.25, 0.3) is 5.69 Å². The molecule has 0 radical (unpaired) electrons. The van der Waals surface area contributed by atoms with E-state index in [9.17, 15) is 10.1 Å². The molecule has 0 aliphatic rings. The van der Waals surface area contributed by atoms with Crippen LogP contribution in [0.2, 0.25) is 0 Å². The van der Waals surface area contributed by atoms with Crippen LogP contribution in [0.15, 0.2) is 36.8 Å². The monoisotopic (exact) mass is 270 g/mol. The van der Waals surface area contributed by atoms with Crippen LogP contribution in [0.4, 0.5) is 11.4 Å². The lowest BCUT2D eigenvalue weighted by molar-refractivity contribution is -0.383. The molecule has 1 aromatic heterocycles. The van der Waals surface area contributed by atoms with E-state index in [-0.39, 0.29) is 5.69 Å². The van der Waals surface area contributed by atoms with Crippen LogP contribution in [0, 0.1) is 10.1 Å². The van der Waals surface area contributed by atoms with Crippen molar-refractivity contribution in [3.63, 3.8) is 0 Å². The molecule has 20 heavy (non-hydrogen) atoms. The van der Waals surface area contributed by atoms with Crippen molar-refractivity contribution in [1.29, 1.82) is 0 Å². The number of nitrogens with one attached hydrogen (secondary N) is 1. The van der Waals surface area contributed by atoms with Crippen LogP contribution in [0.5, 0.6) is 0 Å². The molecule has 0 fully saturated rings. The molecule has 0 saturated heterocycles. The van der Waals surface area contributed by atoms with Gasteiger partial charge in [-0.1, -0.05) is 6.07 Å². The molecule has 0 spiro atoms. The highest BCUT2D eigenvalue weighted by atomic mass is 16.6. The summed E-state index contributed by atoms with van der Waals surface area (Å²) in [7, 11) is 1.66. The highest BCUT2D eigenvalue weighted by molar-refractivity contribution is 5.80. The largest absolute Gasteiger partial charge is 0.383 e. The van der Waals surface area contributed by atoms with Gasteiger partial charge in [-0.25, -0.2) is 0 Å². The minimum atomic E-state index is -0.402. The molecule has 1 aromatic carbocycles. The predicted octanol–water partition coefficient (Wildman–Crippen LogP) is 2.99. The summed E-state index contributed by atoms with van der Waals surface area (Å²) in [6.45, 7) is 1.89. The van der Waals surface area contributed by atoms with E-state index in [0.29, 0.717) is 5.69 Å². The molecule has 0 unspecified atom stereocenters. The lowest BCUT2D eigenvalue weighted by Gasteiger charge is -2.04. The van der Waals surface area contributed by atoms with Gasteiger partial charge in [0.05, 0.1) is 16.8 Å². The zero-order valence-electron chi connectivity index (χ0n) is 11.2. The second-order valence-electron chi connectivity index (χ2n) is 4.20. The van der Waals surface area contributed by atoms with Gasteiger partial charge in [-0.3, -0.25) is 20.1 Å². The van der Waals surface area contributed by atoms with E-state index in [4.69, 9.17) is 0 Å². The third-order valence-corrected chi connectivity index (χ3v) is 2.84. The van der Waals surface area contributed by atoms with E-state index in [0.717, 1.165) is 16.8 Å². The Hall–Kier alpha value is -2.76. The first-order valence-electron chi connectivity index (χ1n) is 6.02. The molecule has 1 N–H and O–H groups in total. The first kappa shape index (κ1) is 13.7. The molecule has 6 nitrogen and oxygen atoms in total. The molecular formula is C14H14N4O2. The Morgan fingerprint density at radius 1 is 1.40 bits per heavy atom. The Morgan fingerprint density at radius 3 is 2.80 bits per heavy atom. The summed E-state index contributed by atoms with van der Waals surface area (Å²) in [5.74, 6) is 0. The Morgan fingerprint density at radius 2 is 2.20 bits per heavy atom. The average molecular weight is 270 g/mol. The number of hydrogen-bond acceptors (Lipinski definition) is 5. The number of nitro groups is 1. The van der Waals surface area contributed by atoms with Gasteiger partial charge in [0.15, 0.2) is 0 Å². The number of anilines is 1. The summed E-state index contributed by atoms with van der Waals surface area (Å²) in [6.07, 6.45) is 6.71. The van der Waals surface area contributed by atoms with Gasteiger partial charge >= 0.3 is 0 Å². The standard InChI is InChI=1S/C14H14N4O2/c1-10(13-9-16-5-6-17-13)7-11-3-4-12(15-2)14(8-11)18(19)20/h3-9,15H,1-2H3/b10-7+. The number of benzene rings is 1. The Bertz CT molecular complexity index is 653. The summed E-state index contributed by atoms with van der Waals surface area (Å²) in [5.41, 5.74) is 2.92. The van der Waals surface area contributed by atoms with Gasteiger partial charge in [0.1, 0.15) is 5.69 Å². The van der Waals surface area contributed by atoms with Gasteiger partial charge in [0, 0.05) is 25.5 Å². The number of nitrogens with zero attached hydrogens (tertiary/aromatic N) is 3. The van der Waals surface area contributed by atoms with Crippen molar-refractivity contribution in [2.45, 2.75) is 6.92 Å². The van der Waals surface area contributed by atoms with Crippen LogP contribution in [0.1, 0.15) is 18.2 Å². The first-order chi connectivity index (χ1) is 9.61. The SMILES string of the molecule is CNc1ccc(/C=C(\C)c2cnccn2)cc1[N+](=O)[O-]. The molecule has 2 rings (SSSR count). The van der Waals surface area contributed by atoms with Gasteiger partial charge < -0.3 is 5.32 Å². The van der Waals surface area contributed by atoms with E-state index >= 15 is 0 Å². The molecule has 1 heterocycles. The van der Waals surface area contributed by atoms with Gasteiger partial charge in [-0.2, -0.15) is 0 Å². The third-order valence-electron chi connectivity index (χ3n) is 2.84. The lowest BCUT2D eigenvalue weighted by Crippen LogP contribution is -1.96. The molecule has 0 saturated carbocycles. The van der Waals surface area contributed by atoms with E-state index in [1.54, 1.807) is 31.7 Å². The molecule has 102 valence electrons. The Balaban J connectivity index is 2.39. The number of allylic oxidation sites excluding steroid dienone is 1.